The summed E-state index contributed by atoms with van der Waals surface area (Å²) in [6.07, 6.45) is 1.59. The largest absolute Gasteiger partial charge is 0.494 e. The quantitative estimate of drug-likeness (QED) is 0.311. The zero-order valence-corrected chi connectivity index (χ0v) is 15.0. The predicted molar refractivity (Wildman–Crippen MR) is 103 cm³/mol. The number of aryl methyl sites for hydroxylation is 1. The third-order valence-corrected chi connectivity index (χ3v) is 4.24. The fourth-order valence-corrected chi connectivity index (χ4v) is 2.85. The number of aromatic amines is 1. The van der Waals surface area contributed by atoms with E-state index in [0.717, 1.165) is 16.9 Å². The number of nitro groups is 1. The summed E-state index contributed by atoms with van der Waals surface area (Å²) in [4.78, 5) is 14.9. The standard InChI is InChI=1S/C18H16N4O3S/c1-12-15(18(26)21(20-12)13-6-4-3-5-7-13)11-19-16-10-14(22(23)24)8-9-17(16)25-2/h3-11,20H,1-2H3. The molecule has 0 aliphatic rings. The first-order valence-electron chi connectivity index (χ1n) is 7.75. The average Bonchev–Trinajstić information content (AvgIpc) is 2.94. The van der Waals surface area contributed by atoms with Crippen LogP contribution in [0.2, 0.25) is 0 Å². The minimum atomic E-state index is -0.470. The van der Waals surface area contributed by atoms with Gasteiger partial charge in [0.15, 0.2) is 0 Å². The van der Waals surface area contributed by atoms with E-state index in [0.29, 0.717) is 16.1 Å². The second-order valence-electron chi connectivity index (χ2n) is 5.50. The maximum atomic E-state index is 11.0. The Morgan fingerprint density at radius 3 is 2.65 bits per heavy atom. The normalized spacial score (nSPS) is 11.0. The number of para-hydroxylation sites is 1. The highest BCUT2D eigenvalue weighted by Crippen LogP contribution is 2.31. The summed E-state index contributed by atoms with van der Waals surface area (Å²) in [5, 5.41) is 14.2. The highest BCUT2D eigenvalue weighted by atomic mass is 32.1. The first-order chi connectivity index (χ1) is 12.5. The zero-order chi connectivity index (χ0) is 18.7. The van der Waals surface area contributed by atoms with Crippen LogP contribution in [0, 0.1) is 21.7 Å². The lowest BCUT2D eigenvalue weighted by atomic mass is 10.2. The van der Waals surface area contributed by atoms with Gasteiger partial charge in [0.2, 0.25) is 0 Å². The molecule has 1 heterocycles. The number of non-ortho nitro benzene ring substituents is 1. The van der Waals surface area contributed by atoms with Gasteiger partial charge in [-0.25, -0.2) is 4.68 Å². The molecule has 0 spiro atoms. The van der Waals surface area contributed by atoms with Crippen molar-refractivity contribution in [3.63, 3.8) is 0 Å². The fraction of sp³-hybridized carbons (Fsp3) is 0.111. The number of nitro benzene ring substituents is 1. The van der Waals surface area contributed by atoms with Crippen LogP contribution >= 0.6 is 12.2 Å². The molecule has 0 fully saturated rings. The van der Waals surface area contributed by atoms with Crippen molar-refractivity contribution in [2.45, 2.75) is 6.92 Å². The minimum Gasteiger partial charge on any atom is -0.494 e. The van der Waals surface area contributed by atoms with Crippen LogP contribution in [0.1, 0.15) is 11.3 Å². The van der Waals surface area contributed by atoms with Gasteiger partial charge in [0.1, 0.15) is 16.1 Å². The molecule has 0 atom stereocenters. The van der Waals surface area contributed by atoms with Gasteiger partial charge in [0.05, 0.1) is 23.3 Å². The second kappa shape index (κ2) is 7.32. The molecule has 2 aromatic carbocycles. The summed E-state index contributed by atoms with van der Waals surface area (Å²) in [7, 11) is 1.49. The molecule has 0 unspecified atom stereocenters. The van der Waals surface area contributed by atoms with Crippen LogP contribution in [0.15, 0.2) is 53.5 Å². The van der Waals surface area contributed by atoms with Crippen LogP contribution in [0.25, 0.3) is 5.69 Å². The van der Waals surface area contributed by atoms with E-state index in [-0.39, 0.29) is 5.69 Å². The Hall–Kier alpha value is -3.26. The molecule has 0 aliphatic carbocycles. The van der Waals surface area contributed by atoms with E-state index in [1.165, 1.54) is 25.3 Å². The van der Waals surface area contributed by atoms with Gasteiger partial charge in [-0.2, -0.15) is 0 Å². The molecule has 26 heavy (non-hydrogen) atoms. The van der Waals surface area contributed by atoms with Gasteiger partial charge in [-0.3, -0.25) is 20.2 Å². The highest BCUT2D eigenvalue weighted by molar-refractivity contribution is 7.71. The lowest BCUT2D eigenvalue weighted by Gasteiger charge is -2.03. The van der Waals surface area contributed by atoms with Crippen molar-refractivity contribution in [2.24, 2.45) is 4.99 Å². The average molecular weight is 368 g/mol. The van der Waals surface area contributed by atoms with E-state index in [1.807, 2.05) is 37.3 Å². The van der Waals surface area contributed by atoms with Gasteiger partial charge in [0, 0.05) is 24.0 Å². The lowest BCUT2D eigenvalue weighted by Crippen LogP contribution is -1.95. The summed E-state index contributed by atoms with van der Waals surface area (Å²) in [6.45, 7) is 1.89. The molecular weight excluding hydrogens is 352 g/mol. The number of rotatable bonds is 5. The van der Waals surface area contributed by atoms with Gasteiger partial charge in [-0.15, -0.1) is 0 Å². The molecule has 0 saturated carbocycles. The number of nitrogens with one attached hydrogen (secondary N) is 1. The fourth-order valence-electron chi connectivity index (χ4n) is 2.50. The van der Waals surface area contributed by atoms with Crippen LogP contribution < -0.4 is 4.74 Å². The molecule has 1 N–H and O–H groups in total. The van der Waals surface area contributed by atoms with E-state index in [4.69, 9.17) is 17.0 Å². The third kappa shape index (κ3) is 3.40. The van der Waals surface area contributed by atoms with E-state index >= 15 is 0 Å². The molecule has 8 heteroatoms. The number of hydrogen-bond acceptors (Lipinski definition) is 5. The van der Waals surface area contributed by atoms with Crippen LogP contribution in [0.5, 0.6) is 5.75 Å². The molecule has 0 aliphatic heterocycles. The molecule has 0 amide bonds. The molecule has 0 saturated heterocycles. The first-order valence-corrected chi connectivity index (χ1v) is 8.15. The van der Waals surface area contributed by atoms with Crippen LogP contribution in [-0.4, -0.2) is 28.0 Å². The maximum Gasteiger partial charge on any atom is 0.271 e. The SMILES string of the molecule is COc1ccc([N+](=O)[O-])cc1N=Cc1c(C)[nH]n(-c2ccccc2)c1=S. The molecule has 1 aromatic heterocycles. The molecule has 7 nitrogen and oxygen atoms in total. The van der Waals surface area contributed by atoms with Gasteiger partial charge >= 0.3 is 0 Å². The number of H-pyrrole nitrogens is 1. The van der Waals surface area contributed by atoms with Crippen molar-refractivity contribution in [3.05, 3.63) is 74.5 Å². The van der Waals surface area contributed by atoms with Gasteiger partial charge < -0.3 is 4.74 Å². The molecule has 3 rings (SSSR count). The Kier molecular flexibility index (Phi) is 4.94. The molecule has 0 radical (unpaired) electrons. The molecule has 0 bridgehead atoms. The maximum absolute atomic E-state index is 11.0. The number of aromatic nitrogens is 2. The van der Waals surface area contributed by atoms with Crippen molar-refractivity contribution >= 4 is 29.8 Å². The smallest absolute Gasteiger partial charge is 0.271 e. The third-order valence-electron chi connectivity index (χ3n) is 3.84. The summed E-state index contributed by atoms with van der Waals surface area (Å²) < 4.78 is 7.59. The minimum absolute atomic E-state index is 0.0540. The van der Waals surface area contributed by atoms with Crippen molar-refractivity contribution < 1.29 is 9.66 Å². The number of nitrogens with zero attached hydrogens (tertiary/aromatic N) is 3. The number of benzene rings is 2. The molecule has 132 valence electrons. The number of methoxy groups -OCH3 is 1. The van der Waals surface area contributed by atoms with Crippen molar-refractivity contribution in [2.75, 3.05) is 7.11 Å². The van der Waals surface area contributed by atoms with Gasteiger partial charge in [-0.1, -0.05) is 30.4 Å². The summed E-state index contributed by atoms with van der Waals surface area (Å²) in [5.41, 5.74) is 2.79. The number of hydrogen-bond donors (Lipinski definition) is 1. The zero-order valence-electron chi connectivity index (χ0n) is 14.2. The van der Waals surface area contributed by atoms with E-state index in [2.05, 4.69) is 10.1 Å². The Balaban J connectivity index is 2.02. The van der Waals surface area contributed by atoms with Crippen molar-refractivity contribution in [3.8, 4) is 11.4 Å². The Labute approximate surface area is 154 Å². The Bertz CT molecular complexity index is 1040. The van der Waals surface area contributed by atoms with E-state index in [1.54, 1.807) is 10.9 Å². The van der Waals surface area contributed by atoms with Crippen molar-refractivity contribution in [1.82, 2.24) is 9.78 Å². The summed E-state index contributed by atoms with van der Waals surface area (Å²) >= 11 is 5.54. The van der Waals surface area contributed by atoms with Crippen molar-refractivity contribution in [1.29, 1.82) is 0 Å². The topological polar surface area (TPSA) is 85.5 Å². The molecular formula is C18H16N4O3S. The predicted octanol–water partition coefficient (Wildman–Crippen LogP) is 4.51. The van der Waals surface area contributed by atoms with Gasteiger partial charge in [0.25, 0.3) is 5.69 Å². The summed E-state index contributed by atoms with van der Waals surface area (Å²) in [5.74, 6) is 0.446. The van der Waals surface area contributed by atoms with Gasteiger partial charge in [-0.05, 0) is 25.1 Å². The molecule has 3 aromatic rings. The Morgan fingerprint density at radius 1 is 1.27 bits per heavy atom. The van der Waals surface area contributed by atoms with Crippen LogP contribution in [-0.2, 0) is 0 Å². The monoisotopic (exact) mass is 368 g/mol. The van der Waals surface area contributed by atoms with E-state index in [9.17, 15) is 10.1 Å². The number of aliphatic imine (C=N–C) groups is 1. The number of ether oxygens (including phenoxy) is 1. The second-order valence-corrected chi connectivity index (χ2v) is 5.88. The summed E-state index contributed by atoms with van der Waals surface area (Å²) in [6, 6.07) is 13.9. The lowest BCUT2D eigenvalue weighted by molar-refractivity contribution is -0.384. The first kappa shape index (κ1) is 17.6. The van der Waals surface area contributed by atoms with Crippen LogP contribution in [0.3, 0.4) is 0 Å². The van der Waals surface area contributed by atoms with E-state index < -0.39 is 4.92 Å². The van der Waals surface area contributed by atoms with Crippen LogP contribution in [0.4, 0.5) is 11.4 Å². The Morgan fingerprint density at radius 2 is 2.00 bits per heavy atom. The highest BCUT2D eigenvalue weighted by Gasteiger charge is 2.12.